The summed E-state index contributed by atoms with van der Waals surface area (Å²) in [5.74, 6) is 1.79. The number of alkyl halides is 1. The molecule has 0 spiro atoms. The Labute approximate surface area is 203 Å². The van der Waals surface area contributed by atoms with Crippen LogP contribution in [-0.4, -0.2) is 101 Å². The van der Waals surface area contributed by atoms with Gasteiger partial charge in [-0.15, -0.1) is 6.42 Å². The quantitative estimate of drug-likeness (QED) is 0.105. The van der Waals surface area contributed by atoms with Crippen molar-refractivity contribution in [2.45, 2.75) is 37.0 Å². The third kappa shape index (κ3) is 5.62. The van der Waals surface area contributed by atoms with Crippen molar-refractivity contribution >= 4 is 51.5 Å². The second-order valence-electron chi connectivity index (χ2n) is 7.56. The number of nitrogen functional groups attached to an aromatic ring is 1. The van der Waals surface area contributed by atoms with E-state index in [1.165, 1.54) is 10.9 Å². The normalized spacial score (nSPS) is 23.6. The van der Waals surface area contributed by atoms with Gasteiger partial charge in [-0.3, -0.25) is 14.3 Å². The maximum atomic E-state index is 11.0. The number of terminal acetylenes is 1. The highest BCUT2D eigenvalue weighted by atomic mass is 127. The monoisotopic (exact) mass is 574 g/mol. The molecule has 0 aromatic carbocycles. The van der Waals surface area contributed by atoms with Crippen molar-refractivity contribution in [3.8, 4) is 12.3 Å². The summed E-state index contributed by atoms with van der Waals surface area (Å²) in [6.07, 6.45) is 2.58. The molecule has 2 aromatic heterocycles. The number of aliphatic hydroxyl groups excluding tert-OH is 2. The number of carbonyl (C=O) groups is 1. The van der Waals surface area contributed by atoms with E-state index in [2.05, 4.69) is 48.8 Å². The number of nitrogens with one attached hydrogen (secondary N) is 1. The third-order valence-corrected chi connectivity index (χ3v) is 5.84. The molecule has 0 saturated carbocycles. The first-order chi connectivity index (χ1) is 15.8. The summed E-state index contributed by atoms with van der Waals surface area (Å²) in [6, 6.07) is -0.985. The van der Waals surface area contributed by atoms with Gasteiger partial charge in [0.1, 0.15) is 30.7 Å². The average molecular weight is 574 g/mol. The molecule has 13 nitrogen and oxygen atoms in total. The van der Waals surface area contributed by atoms with Crippen LogP contribution in [0.4, 0.5) is 11.8 Å². The van der Waals surface area contributed by atoms with E-state index in [4.69, 9.17) is 27.7 Å². The Bertz CT molecular complexity index is 1010. The minimum atomic E-state index is -1.29. The standard InChI is InChI=1S/C19H27IN8O5/c1-2-5-23-19-26-12-15(22)24-9-25-16(12)28(19)17-14(30)13(29)11(33-17)8-27(7-4-20)6-3-10(21)18(31)32/h1,9-11,13-14,17,29-30H,3-8,21H2,(H,23,26)(H,31,32)(H2,22,24,25)/t10-,11+,13+,14+,17+/m0/s1. The highest BCUT2D eigenvalue weighted by Gasteiger charge is 2.45. The lowest BCUT2D eigenvalue weighted by Crippen LogP contribution is -2.43. The largest absolute Gasteiger partial charge is 0.480 e. The fraction of sp³-hybridized carbons (Fsp3) is 0.579. The van der Waals surface area contributed by atoms with Crippen LogP contribution in [0.15, 0.2) is 6.33 Å². The van der Waals surface area contributed by atoms with Crippen LogP contribution in [-0.2, 0) is 9.53 Å². The topological polar surface area (TPSA) is 198 Å². The van der Waals surface area contributed by atoms with Crippen molar-refractivity contribution in [1.82, 2.24) is 24.4 Å². The SMILES string of the molecule is C#CCNc1nc2c(N)ncnc2n1[C@@H]1O[C@H](CN(CCI)CC[C@H](N)C(=O)O)[C@@H](O)[C@H]1O. The third-order valence-electron chi connectivity index (χ3n) is 5.36. The minimum absolute atomic E-state index is 0.148. The Morgan fingerprint density at radius 2 is 2.15 bits per heavy atom. The second-order valence-corrected chi connectivity index (χ2v) is 8.64. The van der Waals surface area contributed by atoms with Gasteiger partial charge in [0.25, 0.3) is 0 Å². The summed E-state index contributed by atoms with van der Waals surface area (Å²) in [5, 5.41) is 33.5. The van der Waals surface area contributed by atoms with Gasteiger partial charge in [-0.2, -0.15) is 0 Å². The highest BCUT2D eigenvalue weighted by molar-refractivity contribution is 14.1. The molecule has 0 amide bonds. The zero-order valence-electron chi connectivity index (χ0n) is 17.7. The lowest BCUT2D eigenvalue weighted by atomic mass is 10.1. The molecule has 0 bridgehead atoms. The number of anilines is 2. The number of fused-ring (bicyclic) bond motifs is 1. The van der Waals surface area contributed by atoms with Gasteiger partial charge >= 0.3 is 5.97 Å². The molecule has 180 valence electrons. The second kappa shape index (κ2) is 11.2. The molecule has 2 aromatic rings. The smallest absolute Gasteiger partial charge is 0.320 e. The summed E-state index contributed by atoms with van der Waals surface area (Å²) in [5.41, 5.74) is 12.2. The van der Waals surface area contributed by atoms with Crippen molar-refractivity contribution in [1.29, 1.82) is 0 Å². The zero-order chi connectivity index (χ0) is 24.1. The molecule has 1 saturated heterocycles. The first kappa shape index (κ1) is 25.3. The Morgan fingerprint density at radius 1 is 1.39 bits per heavy atom. The number of hydrogen-bond donors (Lipinski definition) is 6. The van der Waals surface area contributed by atoms with Gasteiger partial charge in [0.05, 0.1) is 6.54 Å². The number of aliphatic carboxylic acids is 1. The van der Waals surface area contributed by atoms with Crippen molar-refractivity contribution < 1.29 is 24.9 Å². The van der Waals surface area contributed by atoms with Crippen LogP contribution in [0.25, 0.3) is 11.2 Å². The molecule has 3 rings (SSSR count). The molecular formula is C19H27IN8O5. The summed E-state index contributed by atoms with van der Waals surface area (Å²) < 4.78 is 8.35. The van der Waals surface area contributed by atoms with E-state index in [0.717, 1.165) is 4.43 Å². The number of hydrogen-bond acceptors (Lipinski definition) is 11. The van der Waals surface area contributed by atoms with Crippen molar-refractivity contribution in [3.05, 3.63) is 6.33 Å². The highest BCUT2D eigenvalue weighted by Crippen LogP contribution is 2.35. The van der Waals surface area contributed by atoms with Crippen LogP contribution in [0, 0.1) is 12.3 Å². The maximum absolute atomic E-state index is 11.0. The molecule has 0 aliphatic carbocycles. The number of carboxylic acid groups (broad SMARTS) is 1. The van der Waals surface area contributed by atoms with Crippen molar-refractivity contribution in [3.63, 3.8) is 0 Å². The van der Waals surface area contributed by atoms with Crippen LogP contribution in [0.1, 0.15) is 12.6 Å². The van der Waals surface area contributed by atoms with Gasteiger partial charge < -0.3 is 36.8 Å². The van der Waals surface area contributed by atoms with Crippen molar-refractivity contribution in [2.75, 3.05) is 41.7 Å². The lowest BCUT2D eigenvalue weighted by molar-refractivity contribution is -0.138. The van der Waals surface area contributed by atoms with Crippen LogP contribution in [0.3, 0.4) is 0 Å². The van der Waals surface area contributed by atoms with Crippen molar-refractivity contribution in [2.24, 2.45) is 5.73 Å². The number of nitrogens with zero attached hydrogens (tertiary/aromatic N) is 5. The van der Waals surface area contributed by atoms with E-state index in [1.807, 2.05) is 4.90 Å². The van der Waals surface area contributed by atoms with Crippen LogP contribution >= 0.6 is 22.6 Å². The summed E-state index contributed by atoms with van der Waals surface area (Å²) in [6.45, 7) is 1.45. The average Bonchev–Trinajstić information content (AvgIpc) is 3.28. The first-order valence-corrected chi connectivity index (χ1v) is 11.7. The first-order valence-electron chi connectivity index (χ1n) is 10.2. The van der Waals surface area contributed by atoms with E-state index < -0.39 is 36.6 Å². The molecule has 0 unspecified atom stereocenters. The molecule has 3 heterocycles. The Kier molecular flexibility index (Phi) is 8.62. The molecule has 8 N–H and O–H groups in total. The summed E-state index contributed by atoms with van der Waals surface area (Å²) in [4.78, 5) is 25.5. The lowest BCUT2D eigenvalue weighted by Gasteiger charge is -2.26. The number of nitrogens with two attached hydrogens (primary N) is 2. The summed E-state index contributed by atoms with van der Waals surface area (Å²) >= 11 is 2.21. The Morgan fingerprint density at radius 3 is 2.82 bits per heavy atom. The molecular weight excluding hydrogens is 547 g/mol. The molecule has 0 radical (unpaired) electrons. The van der Waals surface area contributed by atoms with Gasteiger partial charge in [-0.05, 0) is 6.42 Å². The van der Waals surface area contributed by atoms with Gasteiger partial charge in [-0.25, -0.2) is 15.0 Å². The van der Waals surface area contributed by atoms with E-state index in [9.17, 15) is 15.0 Å². The van der Waals surface area contributed by atoms with E-state index in [-0.39, 0.29) is 31.3 Å². The predicted octanol–water partition coefficient (Wildman–Crippen LogP) is -1.39. The summed E-state index contributed by atoms with van der Waals surface area (Å²) in [7, 11) is 0. The molecule has 1 fully saturated rings. The molecule has 14 heteroatoms. The number of aromatic nitrogens is 4. The van der Waals surface area contributed by atoms with E-state index >= 15 is 0 Å². The van der Waals surface area contributed by atoms with Crippen LogP contribution in [0.5, 0.6) is 0 Å². The Hall–Kier alpha value is -2.29. The Balaban J connectivity index is 1.84. The number of ether oxygens (including phenoxy) is 1. The molecule has 33 heavy (non-hydrogen) atoms. The number of imidazole rings is 1. The van der Waals surface area contributed by atoms with Gasteiger partial charge in [0.15, 0.2) is 23.2 Å². The predicted molar refractivity (Wildman–Crippen MR) is 129 cm³/mol. The van der Waals surface area contributed by atoms with Crippen LogP contribution < -0.4 is 16.8 Å². The fourth-order valence-corrected chi connectivity index (χ4v) is 4.31. The molecule has 1 aliphatic heterocycles. The minimum Gasteiger partial charge on any atom is -0.480 e. The molecule has 1 aliphatic rings. The zero-order valence-corrected chi connectivity index (χ0v) is 19.9. The fourth-order valence-electron chi connectivity index (χ4n) is 3.63. The van der Waals surface area contributed by atoms with Gasteiger partial charge in [-0.1, -0.05) is 28.5 Å². The maximum Gasteiger partial charge on any atom is 0.320 e. The molecule has 5 atom stereocenters. The van der Waals surface area contributed by atoms with E-state index in [1.54, 1.807) is 0 Å². The van der Waals surface area contributed by atoms with Gasteiger partial charge in [0, 0.05) is 24.1 Å². The van der Waals surface area contributed by atoms with Crippen LogP contribution in [0.2, 0.25) is 0 Å². The number of aliphatic hydroxyl groups is 2. The number of carboxylic acids is 1. The number of halogens is 1. The van der Waals surface area contributed by atoms with E-state index in [0.29, 0.717) is 24.3 Å². The van der Waals surface area contributed by atoms with Gasteiger partial charge in [0.2, 0.25) is 5.95 Å². The number of rotatable bonds is 11.